The van der Waals surface area contributed by atoms with Gasteiger partial charge in [-0.15, -0.1) is 0 Å². The summed E-state index contributed by atoms with van der Waals surface area (Å²) in [6.07, 6.45) is 4.12. The van der Waals surface area contributed by atoms with Crippen molar-refractivity contribution in [2.45, 2.75) is 33.4 Å². The molecular formula is C23H26N4O3. The SMILES string of the molecule is CCOc1cccc(CN2CCc3nc(-c4ccncc4)[nH]c(=O)c3C2)c1OCC. The summed E-state index contributed by atoms with van der Waals surface area (Å²) in [4.78, 5) is 26.7. The molecule has 3 aromatic rings. The van der Waals surface area contributed by atoms with Crippen LogP contribution in [0.4, 0.5) is 0 Å². The van der Waals surface area contributed by atoms with E-state index in [2.05, 4.69) is 20.9 Å². The van der Waals surface area contributed by atoms with Gasteiger partial charge >= 0.3 is 0 Å². The highest BCUT2D eigenvalue weighted by molar-refractivity contribution is 5.54. The van der Waals surface area contributed by atoms with E-state index in [1.165, 1.54) is 0 Å². The molecular weight excluding hydrogens is 380 g/mol. The van der Waals surface area contributed by atoms with Crippen LogP contribution < -0.4 is 15.0 Å². The van der Waals surface area contributed by atoms with Gasteiger partial charge in [0, 0.05) is 49.6 Å². The number of hydrogen-bond donors (Lipinski definition) is 1. The van der Waals surface area contributed by atoms with E-state index < -0.39 is 0 Å². The quantitative estimate of drug-likeness (QED) is 0.649. The summed E-state index contributed by atoms with van der Waals surface area (Å²) in [5, 5.41) is 0. The number of benzene rings is 1. The lowest BCUT2D eigenvalue weighted by atomic mass is 10.0. The van der Waals surface area contributed by atoms with Crippen LogP contribution in [0.1, 0.15) is 30.7 Å². The number of fused-ring (bicyclic) bond motifs is 1. The highest BCUT2D eigenvalue weighted by Crippen LogP contribution is 2.33. The summed E-state index contributed by atoms with van der Waals surface area (Å²) in [7, 11) is 0. The maximum atomic E-state index is 12.8. The number of nitrogens with one attached hydrogen (secondary N) is 1. The van der Waals surface area contributed by atoms with Gasteiger partial charge < -0.3 is 14.5 Å². The molecule has 1 aromatic carbocycles. The summed E-state index contributed by atoms with van der Waals surface area (Å²) < 4.78 is 11.6. The second-order valence-electron chi connectivity index (χ2n) is 7.15. The van der Waals surface area contributed by atoms with Gasteiger partial charge in [0.25, 0.3) is 5.56 Å². The van der Waals surface area contributed by atoms with Crippen LogP contribution >= 0.6 is 0 Å². The molecule has 2 aromatic heterocycles. The van der Waals surface area contributed by atoms with Gasteiger partial charge in [0.2, 0.25) is 0 Å². The molecule has 1 aliphatic heterocycles. The van der Waals surface area contributed by atoms with Crippen molar-refractivity contribution in [2.75, 3.05) is 19.8 Å². The number of rotatable bonds is 7. The van der Waals surface area contributed by atoms with E-state index in [9.17, 15) is 4.79 Å². The van der Waals surface area contributed by atoms with E-state index in [0.717, 1.165) is 46.8 Å². The first kappa shape index (κ1) is 20.1. The molecule has 0 unspecified atom stereocenters. The molecule has 3 heterocycles. The predicted octanol–water partition coefficient (Wildman–Crippen LogP) is 3.19. The average molecular weight is 406 g/mol. The van der Waals surface area contributed by atoms with Crippen LogP contribution in [0.3, 0.4) is 0 Å². The maximum Gasteiger partial charge on any atom is 0.255 e. The summed E-state index contributed by atoms with van der Waals surface area (Å²) in [5.74, 6) is 2.14. The second kappa shape index (κ2) is 9.09. The summed E-state index contributed by atoms with van der Waals surface area (Å²) >= 11 is 0. The number of aromatic nitrogens is 3. The van der Waals surface area contributed by atoms with Crippen LogP contribution in [0.25, 0.3) is 11.4 Å². The van der Waals surface area contributed by atoms with Crippen molar-refractivity contribution in [3.63, 3.8) is 0 Å². The van der Waals surface area contributed by atoms with Crippen LogP contribution in [-0.4, -0.2) is 39.6 Å². The van der Waals surface area contributed by atoms with Gasteiger partial charge in [0.05, 0.1) is 24.5 Å². The molecule has 0 spiro atoms. The normalized spacial score (nSPS) is 13.7. The van der Waals surface area contributed by atoms with Gasteiger partial charge in [-0.1, -0.05) is 12.1 Å². The smallest absolute Gasteiger partial charge is 0.255 e. The third-order valence-corrected chi connectivity index (χ3v) is 5.14. The lowest BCUT2D eigenvalue weighted by molar-refractivity contribution is 0.232. The molecule has 30 heavy (non-hydrogen) atoms. The minimum Gasteiger partial charge on any atom is -0.490 e. The zero-order valence-electron chi connectivity index (χ0n) is 17.4. The molecule has 0 radical (unpaired) electrons. The highest BCUT2D eigenvalue weighted by atomic mass is 16.5. The molecule has 7 heteroatoms. The van der Waals surface area contributed by atoms with E-state index in [0.29, 0.717) is 32.1 Å². The van der Waals surface area contributed by atoms with E-state index in [1.54, 1.807) is 12.4 Å². The first-order valence-corrected chi connectivity index (χ1v) is 10.3. The number of ether oxygens (including phenoxy) is 2. The molecule has 0 saturated heterocycles. The number of H-pyrrole nitrogens is 1. The minimum atomic E-state index is -0.0791. The molecule has 1 N–H and O–H groups in total. The Labute approximate surface area is 175 Å². The second-order valence-corrected chi connectivity index (χ2v) is 7.15. The summed E-state index contributed by atoms with van der Waals surface area (Å²) in [5.41, 5.74) is 3.45. The minimum absolute atomic E-state index is 0.0791. The van der Waals surface area contributed by atoms with Crippen LogP contribution in [0, 0.1) is 0 Å². The summed E-state index contributed by atoms with van der Waals surface area (Å²) in [6.45, 7) is 7.14. The lowest BCUT2D eigenvalue weighted by Crippen LogP contribution is -2.35. The molecule has 0 saturated carbocycles. The standard InChI is InChI=1S/C23H26N4O3/c1-3-29-20-7-5-6-17(21(20)30-4-2)14-27-13-10-19-18(15-27)23(28)26-22(25-19)16-8-11-24-12-9-16/h5-9,11-12H,3-4,10,13-15H2,1-2H3,(H,25,26,28). The zero-order chi connectivity index (χ0) is 20.9. The predicted molar refractivity (Wildman–Crippen MR) is 115 cm³/mol. The fraction of sp³-hybridized carbons (Fsp3) is 0.348. The van der Waals surface area contributed by atoms with Crippen molar-refractivity contribution < 1.29 is 9.47 Å². The number of pyridine rings is 1. The molecule has 1 aliphatic rings. The van der Waals surface area contributed by atoms with Crippen LogP contribution in [0.2, 0.25) is 0 Å². The van der Waals surface area contributed by atoms with Crippen LogP contribution in [-0.2, 0) is 19.5 Å². The van der Waals surface area contributed by atoms with Gasteiger partial charge in [-0.25, -0.2) is 4.98 Å². The Morgan fingerprint density at radius 1 is 1.10 bits per heavy atom. The van der Waals surface area contributed by atoms with Crippen molar-refractivity contribution in [3.05, 3.63) is 69.9 Å². The molecule has 0 fully saturated rings. The Bertz CT molecular complexity index is 1070. The van der Waals surface area contributed by atoms with Crippen molar-refractivity contribution >= 4 is 0 Å². The van der Waals surface area contributed by atoms with E-state index in [-0.39, 0.29) is 5.56 Å². The molecule has 0 aliphatic carbocycles. The fourth-order valence-corrected chi connectivity index (χ4v) is 3.77. The number of nitrogens with zero attached hydrogens (tertiary/aromatic N) is 3. The van der Waals surface area contributed by atoms with Gasteiger partial charge in [-0.2, -0.15) is 0 Å². The monoisotopic (exact) mass is 406 g/mol. The Kier molecular flexibility index (Phi) is 6.09. The van der Waals surface area contributed by atoms with Gasteiger partial charge in [-0.3, -0.25) is 14.7 Å². The first-order valence-electron chi connectivity index (χ1n) is 10.3. The highest BCUT2D eigenvalue weighted by Gasteiger charge is 2.23. The van der Waals surface area contributed by atoms with Crippen molar-refractivity contribution in [1.82, 2.24) is 19.9 Å². The average Bonchev–Trinajstić information content (AvgIpc) is 2.77. The van der Waals surface area contributed by atoms with Gasteiger partial charge in [0.15, 0.2) is 11.5 Å². The largest absolute Gasteiger partial charge is 0.490 e. The summed E-state index contributed by atoms with van der Waals surface area (Å²) in [6, 6.07) is 9.66. The third-order valence-electron chi connectivity index (χ3n) is 5.14. The van der Waals surface area contributed by atoms with E-state index >= 15 is 0 Å². The third kappa shape index (κ3) is 4.21. The van der Waals surface area contributed by atoms with Crippen LogP contribution in [0.15, 0.2) is 47.5 Å². The number of para-hydroxylation sites is 1. The number of aromatic amines is 1. The molecule has 4 rings (SSSR count). The Morgan fingerprint density at radius 2 is 1.90 bits per heavy atom. The zero-order valence-corrected chi connectivity index (χ0v) is 17.4. The fourth-order valence-electron chi connectivity index (χ4n) is 3.77. The van der Waals surface area contributed by atoms with Gasteiger partial charge in [0.1, 0.15) is 5.82 Å². The molecule has 0 amide bonds. The molecule has 7 nitrogen and oxygen atoms in total. The Balaban J connectivity index is 1.57. The number of hydrogen-bond acceptors (Lipinski definition) is 6. The van der Waals surface area contributed by atoms with Gasteiger partial charge in [-0.05, 0) is 32.0 Å². The van der Waals surface area contributed by atoms with E-state index in [1.807, 2.05) is 38.1 Å². The van der Waals surface area contributed by atoms with E-state index in [4.69, 9.17) is 14.5 Å². The lowest BCUT2D eigenvalue weighted by Gasteiger charge is -2.28. The maximum absolute atomic E-state index is 12.8. The first-order chi connectivity index (χ1) is 14.7. The van der Waals surface area contributed by atoms with Crippen LogP contribution in [0.5, 0.6) is 11.5 Å². The Morgan fingerprint density at radius 3 is 2.67 bits per heavy atom. The van der Waals surface area contributed by atoms with Crippen molar-refractivity contribution in [2.24, 2.45) is 0 Å². The molecule has 156 valence electrons. The molecule has 0 bridgehead atoms. The van der Waals surface area contributed by atoms with Crippen molar-refractivity contribution in [1.29, 1.82) is 0 Å². The Hall–Kier alpha value is -3.19. The molecule has 0 atom stereocenters. The van der Waals surface area contributed by atoms with Crippen molar-refractivity contribution in [3.8, 4) is 22.9 Å². The topological polar surface area (TPSA) is 80.3 Å².